The SMILES string of the molecule is Cc1sc(NS(=O)(=O)Cc2ccccc2)c(C(=O)O)c1C. The van der Waals surface area contributed by atoms with E-state index in [1.54, 1.807) is 44.2 Å². The third kappa shape index (κ3) is 3.62. The number of aryl methyl sites for hydroxylation is 1. The second kappa shape index (κ2) is 5.87. The van der Waals surface area contributed by atoms with E-state index in [9.17, 15) is 18.3 Å². The molecular formula is C14H15NO4S2. The van der Waals surface area contributed by atoms with Gasteiger partial charge in [-0.2, -0.15) is 0 Å². The van der Waals surface area contributed by atoms with E-state index >= 15 is 0 Å². The van der Waals surface area contributed by atoms with Crippen LogP contribution in [0.5, 0.6) is 0 Å². The van der Waals surface area contributed by atoms with Crippen LogP contribution in [0.3, 0.4) is 0 Å². The van der Waals surface area contributed by atoms with Crippen molar-refractivity contribution in [2.24, 2.45) is 0 Å². The average Bonchev–Trinajstić information content (AvgIpc) is 2.64. The number of carboxylic acid groups (broad SMARTS) is 1. The quantitative estimate of drug-likeness (QED) is 0.885. The molecule has 1 aromatic heterocycles. The Morgan fingerprint density at radius 1 is 1.24 bits per heavy atom. The summed E-state index contributed by atoms with van der Waals surface area (Å²) in [4.78, 5) is 12.1. The van der Waals surface area contributed by atoms with Crippen molar-refractivity contribution in [3.05, 3.63) is 51.9 Å². The van der Waals surface area contributed by atoms with E-state index in [4.69, 9.17) is 0 Å². The molecule has 0 saturated carbocycles. The van der Waals surface area contributed by atoms with Crippen LogP contribution in [0.25, 0.3) is 0 Å². The van der Waals surface area contributed by atoms with Crippen LogP contribution in [-0.4, -0.2) is 19.5 Å². The molecule has 0 atom stereocenters. The summed E-state index contributed by atoms with van der Waals surface area (Å²) in [6, 6.07) is 8.74. The molecule has 21 heavy (non-hydrogen) atoms. The lowest BCUT2D eigenvalue weighted by atomic mass is 10.2. The lowest BCUT2D eigenvalue weighted by molar-refractivity contribution is 0.0697. The maximum atomic E-state index is 12.2. The van der Waals surface area contributed by atoms with E-state index < -0.39 is 16.0 Å². The Morgan fingerprint density at radius 2 is 1.86 bits per heavy atom. The smallest absolute Gasteiger partial charge is 0.339 e. The minimum atomic E-state index is -3.65. The van der Waals surface area contributed by atoms with Crippen LogP contribution in [0.2, 0.25) is 0 Å². The van der Waals surface area contributed by atoms with Gasteiger partial charge in [-0.25, -0.2) is 13.2 Å². The Hall–Kier alpha value is -1.86. The fourth-order valence-electron chi connectivity index (χ4n) is 1.93. The number of aromatic carboxylic acids is 1. The van der Waals surface area contributed by atoms with E-state index in [2.05, 4.69) is 4.72 Å². The van der Waals surface area contributed by atoms with Crippen LogP contribution in [0.1, 0.15) is 26.4 Å². The Kier molecular flexibility index (Phi) is 4.34. The van der Waals surface area contributed by atoms with Crippen molar-refractivity contribution in [1.82, 2.24) is 0 Å². The minimum Gasteiger partial charge on any atom is -0.478 e. The van der Waals surface area contributed by atoms with Crippen molar-refractivity contribution in [3.63, 3.8) is 0 Å². The van der Waals surface area contributed by atoms with Gasteiger partial charge in [0.15, 0.2) is 0 Å². The Morgan fingerprint density at radius 3 is 2.43 bits per heavy atom. The first-order valence-electron chi connectivity index (χ1n) is 6.18. The average molecular weight is 325 g/mol. The molecule has 0 bridgehead atoms. The summed E-state index contributed by atoms with van der Waals surface area (Å²) >= 11 is 1.14. The summed E-state index contributed by atoms with van der Waals surface area (Å²) < 4.78 is 26.7. The molecule has 5 nitrogen and oxygen atoms in total. The summed E-state index contributed by atoms with van der Waals surface area (Å²) in [5.74, 6) is -1.32. The molecular weight excluding hydrogens is 310 g/mol. The van der Waals surface area contributed by atoms with Crippen molar-refractivity contribution in [3.8, 4) is 0 Å². The number of hydrogen-bond donors (Lipinski definition) is 2. The van der Waals surface area contributed by atoms with Crippen LogP contribution >= 0.6 is 11.3 Å². The van der Waals surface area contributed by atoms with Gasteiger partial charge < -0.3 is 5.11 Å². The summed E-state index contributed by atoms with van der Waals surface area (Å²) in [7, 11) is -3.65. The van der Waals surface area contributed by atoms with Gasteiger partial charge in [-0.1, -0.05) is 30.3 Å². The molecule has 0 unspecified atom stereocenters. The lowest BCUT2D eigenvalue weighted by Crippen LogP contribution is -2.16. The molecule has 2 rings (SSSR count). The highest BCUT2D eigenvalue weighted by molar-refractivity contribution is 7.92. The first-order valence-corrected chi connectivity index (χ1v) is 8.65. The van der Waals surface area contributed by atoms with Gasteiger partial charge in [-0.05, 0) is 25.0 Å². The molecule has 0 saturated heterocycles. The number of nitrogens with one attached hydrogen (secondary N) is 1. The van der Waals surface area contributed by atoms with E-state index in [1.165, 1.54) is 0 Å². The number of benzene rings is 1. The normalized spacial score (nSPS) is 11.3. The van der Waals surface area contributed by atoms with Crippen molar-refractivity contribution < 1.29 is 18.3 Å². The zero-order valence-corrected chi connectivity index (χ0v) is 13.2. The molecule has 112 valence electrons. The molecule has 1 heterocycles. The maximum absolute atomic E-state index is 12.2. The standard InChI is InChI=1S/C14H15NO4S2/c1-9-10(2)20-13(12(9)14(16)17)15-21(18,19)8-11-6-4-3-5-7-11/h3-7,15H,8H2,1-2H3,(H,16,17). The first kappa shape index (κ1) is 15.5. The predicted octanol–water partition coefficient (Wildman–Crippen LogP) is 3.01. The first-order chi connectivity index (χ1) is 9.80. The third-order valence-corrected chi connectivity index (χ3v) is 5.53. The van der Waals surface area contributed by atoms with Crippen LogP contribution in [0, 0.1) is 13.8 Å². The van der Waals surface area contributed by atoms with Gasteiger partial charge in [0.2, 0.25) is 10.0 Å². The number of sulfonamides is 1. The highest BCUT2D eigenvalue weighted by atomic mass is 32.2. The van der Waals surface area contributed by atoms with Gasteiger partial charge >= 0.3 is 5.97 Å². The zero-order valence-electron chi connectivity index (χ0n) is 11.6. The van der Waals surface area contributed by atoms with Crippen LogP contribution in [0.15, 0.2) is 30.3 Å². The van der Waals surface area contributed by atoms with Gasteiger partial charge in [0.05, 0.1) is 11.3 Å². The van der Waals surface area contributed by atoms with E-state index in [0.717, 1.165) is 16.2 Å². The number of carbonyl (C=O) groups is 1. The molecule has 0 aliphatic heterocycles. The summed E-state index contributed by atoms with van der Waals surface area (Å²) in [6.07, 6.45) is 0. The topological polar surface area (TPSA) is 83.5 Å². The minimum absolute atomic E-state index is 0.0223. The fraction of sp³-hybridized carbons (Fsp3) is 0.214. The second-order valence-corrected chi connectivity index (χ2v) is 7.59. The summed E-state index contributed by atoms with van der Waals surface area (Å²) in [5.41, 5.74) is 1.26. The van der Waals surface area contributed by atoms with Crippen molar-refractivity contribution >= 4 is 32.3 Å². The van der Waals surface area contributed by atoms with E-state index in [-0.39, 0.29) is 16.3 Å². The van der Waals surface area contributed by atoms with Crippen molar-refractivity contribution in [2.75, 3.05) is 4.72 Å². The highest BCUT2D eigenvalue weighted by Crippen LogP contribution is 2.33. The zero-order chi connectivity index (χ0) is 15.6. The molecule has 0 fully saturated rings. The van der Waals surface area contributed by atoms with E-state index in [1.807, 2.05) is 0 Å². The lowest BCUT2D eigenvalue weighted by Gasteiger charge is -2.07. The van der Waals surface area contributed by atoms with Crippen LogP contribution in [-0.2, 0) is 15.8 Å². The molecule has 0 aliphatic rings. The Bertz CT molecular complexity index is 764. The van der Waals surface area contributed by atoms with Gasteiger partial charge in [0.25, 0.3) is 0 Å². The molecule has 2 N–H and O–H groups in total. The Balaban J connectivity index is 2.29. The summed E-state index contributed by atoms with van der Waals surface area (Å²) in [6.45, 7) is 3.44. The Labute approximate surface area is 127 Å². The van der Waals surface area contributed by atoms with Gasteiger partial charge in [-0.3, -0.25) is 4.72 Å². The molecule has 0 amide bonds. The van der Waals surface area contributed by atoms with Gasteiger partial charge in [-0.15, -0.1) is 11.3 Å². The van der Waals surface area contributed by atoms with Crippen molar-refractivity contribution in [2.45, 2.75) is 19.6 Å². The molecule has 1 aromatic carbocycles. The van der Waals surface area contributed by atoms with Crippen LogP contribution < -0.4 is 4.72 Å². The van der Waals surface area contributed by atoms with Crippen LogP contribution in [0.4, 0.5) is 5.00 Å². The molecule has 0 aliphatic carbocycles. The molecule has 0 spiro atoms. The molecule has 2 aromatic rings. The highest BCUT2D eigenvalue weighted by Gasteiger charge is 2.22. The third-order valence-electron chi connectivity index (χ3n) is 3.05. The maximum Gasteiger partial charge on any atom is 0.339 e. The molecule has 0 radical (unpaired) electrons. The summed E-state index contributed by atoms with van der Waals surface area (Å²) in [5, 5.41) is 9.38. The largest absolute Gasteiger partial charge is 0.478 e. The number of carboxylic acids is 1. The monoisotopic (exact) mass is 325 g/mol. The predicted molar refractivity (Wildman–Crippen MR) is 83.4 cm³/mol. The second-order valence-electron chi connectivity index (χ2n) is 4.64. The fourth-order valence-corrected chi connectivity index (χ4v) is 4.47. The van der Waals surface area contributed by atoms with Gasteiger partial charge in [0, 0.05) is 4.88 Å². The number of thiophene rings is 1. The van der Waals surface area contributed by atoms with E-state index in [0.29, 0.717) is 11.1 Å². The number of anilines is 1. The van der Waals surface area contributed by atoms with Gasteiger partial charge in [0.1, 0.15) is 5.00 Å². The number of rotatable bonds is 5. The number of hydrogen-bond acceptors (Lipinski definition) is 4. The van der Waals surface area contributed by atoms with Crippen molar-refractivity contribution in [1.29, 1.82) is 0 Å². The molecule has 7 heteroatoms.